The molecule has 0 unspecified atom stereocenters. The number of rotatable bonds is 3. The summed E-state index contributed by atoms with van der Waals surface area (Å²) in [6.07, 6.45) is 0. The van der Waals surface area contributed by atoms with Crippen molar-refractivity contribution in [3.8, 4) is 34.8 Å². The molecule has 0 radical (unpaired) electrons. The quantitative estimate of drug-likeness (QED) is 0.687. The first-order valence-corrected chi connectivity index (χ1v) is 7.50. The lowest BCUT2D eigenvalue weighted by atomic mass is 9.98. The molecule has 1 aromatic heterocycles. The molecule has 4 heteroatoms. The molecule has 1 heterocycles. The van der Waals surface area contributed by atoms with Gasteiger partial charge in [-0.05, 0) is 46.7 Å². The Balaban J connectivity index is 2.12. The summed E-state index contributed by atoms with van der Waals surface area (Å²) < 4.78 is 5.80. The number of benzene rings is 2. The first-order valence-electron chi connectivity index (χ1n) is 6.55. The smallest absolute Gasteiger partial charge is 0.129 e. The summed E-state index contributed by atoms with van der Waals surface area (Å²) >= 11 is 1.54. The van der Waals surface area contributed by atoms with Crippen molar-refractivity contribution in [1.82, 2.24) is 0 Å². The van der Waals surface area contributed by atoms with Gasteiger partial charge in [0.2, 0.25) is 0 Å². The second-order valence-electron chi connectivity index (χ2n) is 4.54. The second kappa shape index (κ2) is 6.13. The normalized spacial score (nSPS) is 9.73. The molecule has 0 aliphatic rings. The maximum absolute atomic E-state index is 9.37. The fraction of sp³-hybridized carbons (Fsp3) is 0. The van der Waals surface area contributed by atoms with Gasteiger partial charge >= 0.3 is 0 Å². The largest absolute Gasteiger partial charge is 0.457 e. The van der Waals surface area contributed by atoms with Gasteiger partial charge < -0.3 is 4.74 Å². The van der Waals surface area contributed by atoms with E-state index in [9.17, 15) is 10.5 Å². The van der Waals surface area contributed by atoms with Gasteiger partial charge in [0.1, 0.15) is 23.6 Å². The van der Waals surface area contributed by atoms with Crippen LogP contribution in [0.4, 0.5) is 0 Å². The van der Waals surface area contributed by atoms with Crippen molar-refractivity contribution in [1.29, 1.82) is 10.5 Å². The van der Waals surface area contributed by atoms with E-state index in [4.69, 9.17) is 4.74 Å². The maximum atomic E-state index is 9.37. The van der Waals surface area contributed by atoms with Crippen molar-refractivity contribution in [3.63, 3.8) is 0 Å². The van der Waals surface area contributed by atoms with E-state index in [0.717, 1.165) is 5.56 Å². The molecule has 0 amide bonds. The van der Waals surface area contributed by atoms with Gasteiger partial charge in [-0.2, -0.15) is 21.9 Å². The van der Waals surface area contributed by atoms with Crippen LogP contribution in [0.2, 0.25) is 0 Å². The van der Waals surface area contributed by atoms with E-state index in [2.05, 4.69) is 12.1 Å². The Morgan fingerprint density at radius 2 is 1.73 bits per heavy atom. The van der Waals surface area contributed by atoms with Crippen molar-refractivity contribution in [2.75, 3.05) is 0 Å². The molecule has 0 spiro atoms. The number of thiophene rings is 1. The minimum Gasteiger partial charge on any atom is -0.457 e. The van der Waals surface area contributed by atoms with Crippen LogP contribution in [-0.2, 0) is 0 Å². The lowest BCUT2D eigenvalue weighted by molar-refractivity contribution is 0.482. The third-order valence-electron chi connectivity index (χ3n) is 3.16. The van der Waals surface area contributed by atoms with Gasteiger partial charge in [-0.15, -0.1) is 0 Å². The van der Waals surface area contributed by atoms with Gasteiger partial charge in [0.25, 0.3) is 0 Å². The summed E-state index contributed by atoms with van der Waals surface area (Å²) in [4.78, 5) is 0. The third kappa shape index (κ3) is 2.69. The van der Waals surface area contributed by atoms with Gasteiger partial charge in [-0.3, -0.25) is 0 Å². The average molecular weight is 302 g/mol. The molecule has 3 aromatic rings. The number of nitrogens with zero attached hydrogens (tertiary/aromatic N) is 2. The van der Waals surface area contributed by atoms with Crippen LogP contribution in [0.15, 0.2) is 59.3 Å². The summed E-state index contributed by atoms with van der Waals surface area (Å²) in [5.74, 6) is 1.23. The molecule has 0 fully saturated rings. The van der Waals surface area contributed by atoms with Crippen LogP contribution in [0.3, 0.4) is 0 Å². The van der Waals surface area contributed by atoms with E-state index in [1.165, 1.54) is 0 Å². The highest BCUT2D eigenvalue weighted by molar-refractivity contribution is 7.08. The Morgan fingerprint density at radius 3 is 2.36 bits per heavy atom. The number of para-hydroxylation sites is 1. The van der Waals surface area contributed by atoms with Crippen molar-refractivity contribution in [2.24, 2.45) is 0 Å². The number of hydrogen-bond donors (Lipinski definition) is 0. The Bertz CT molecular complexity index is 872. The molecule has 0 saturated heterocycles. The fourth-order valence-corrected chi connectivity index (χ4v) is 2.81. The van der Waals surface area contributed by atoms with E-state index in [1.807, 2.05) is 47.2 Å². The standard InChI is InChI=1S/C18H10N2OS/c19-10-14-8-16(21-15-4-2-1-3-5-15)9-17(18(14)11-20)13-6-7-22-12-13/h1-9,12H. The van der Waals surface area contributed by atoms with Crippen molar-refractivity contribution >= 4 is 11.3 Å². The van der Waals surface area contributed by atoms with Crippen molar-refractivity contribution in [3.05, 3.63) is 70.4 Å². The van der Waals surface area contributed by atoms with Crippen LogP contribution >= 0.6 is 11.3 Å². The lowest BCUT2D eigenvalue weighted by Crippen LogP contribution is -1.92. The number of hydrogen-bond acceptors (Lipinski definition) is 4. The molecule has 104 valence electrons. The van der Waals surface area contributed by atoms with Crippen LogP contribution in [0.1, 0.15) is 11.1 Å². The molecule has 3 rings (SSSR count). The molecule has 3 nitrogen and oxygen atoms in total. The highest BCUT2D eigenvalue weighted by Crippen LogP contribution is 2.33. The van der Waals surface area contributed by atoms with Crippen LogP contribution in [0.5, 0.6) is 11.5 Å². The monoisotopic (exact) mass is 302 g/mol. The maximum Gasteiger partial charge on any atom is 0.129 e. The summed E-state index contributed by atoms with van der Waals surface area (Å²) in [5.41, 5.74) is 2.32. The fourth-order valence-electron chi connectivity index (χ4n) is 2.15. The first-order chi connectivity index (χ1) is 10.8. The van der Waals surface area contributed by atoms with E-state index in [-0.39, 0.29) is 0 Å². The second-order valence-corrected chi connectivity index (χ2v) is 5.32. The van der Waals surface area contributed by atoms with E-state index >= 15 is 0 Å². The van der Waals surface area contributed by atoms with E-state index in [1.54, 1.807) is 23.5 Å². The van der Waals surface area contributed by atoms with Crippen LogP contribution in [0, 0.1) is 22.7 Å². The highest BCUT2D eigenvalue weighted by atomic mass is 32.1. The molecular formula is C18H10N2OS. The number of nitriles is 2. The predicted molar refractivity (Wildman–Crippen MR) is 85.7 cm³/mol. The molecule has 0 atom stereocenters. The van der Waals surface area contributed by atoms with Gasteiger partial charge in [0, 0.05) is 5.56 Å². The zero-order valence-corrected chi connectivity index (χ0v) is 12.3. The topological polar surface area (TPSA) is 56.8 Å². The van der Waals surface area contributed by atoms with E-state index < -0.39 is 0 Å². The first kappa shape index (κ1) is 13.9. The van der Waals surface area contributed by atoms with Crippen LogP contribution < -0.4 is 4.74 Å². The van der Waals surface area contributed by atoms with Gasteiger partial charge in [-0.25, -0.2) is 0 Å². The van der Waals surface area contributed by atoms with Crippen molar-refractivity contribution < 1.29 is 4.74 Å². The summed E-state index contributed by atoms with van der Waals surface area (Å²) in [7, 11) is 0. The zero-order valence-electron chi connectivity index (χ0n) is 11.5. The highest BCUT2D eigenvalue weighted by Gasteiger charge is 2.14. The molecule has 0 N–H and O–H groups in total. The molecule has 2 aromatic carbocycles. The SMILES string of the molecule is N#Cc1cc(Oc2ccccc2)cc(-c2ccsc2)c1C#N. The molecule has 0 aliphatic heterocycles. The van der Waals surface area contributed by atoms with Crippen molar-refractivity contribution in [2.45, 2.75) is 0 Å². The molecule has 0 aliphatic carbocycles. The van der Waals surface area contributed by atoms with Gasteiger partial charge in [0.05, 0.1) is 11.1 Å². The zero-order chi connectivity index (χ0) is 15.4. The lowest BCUT2D eigenvalue weighted by Gasteiger charge is -2.10. The van der Waals surface area contributed by atoms with E-state index in [0.29, 0.717) is 28.2 Å². The Hall–Kier alpha value is -3.08. The van der Waals surface area contributed by atoms with Gasteiger partial charge in [-0.1, -0.05) is 18.2 Å². The minimum absolute atomic E-state index is 0.317. The molecule has 0 bridgehead atoms. The summed E-state index contributed by atoms with van der Waals surface area (Å²) in [6.45, 7) is 0. The third-order valence-corrected chi connectivity index (χ3v) is 3.84. The Kier molecular flexibility index (Phi) is 3.87. The molecule has 0 saturated carbocycles. The Morgan fingerprint density at radius 1 is 0.909 bits per heavy atom. The molecule has 22 heavy (non-hydrogen) atoms. The van der Waals surface area contributed by atoms with Gasteiger partial charge in [0.15, 0.2) is 0 Å². The Labute approximate surface area is 132 Å². The van der Waals surface area contributed by atoms with Crippen LogP contribution in [-0.4, -0.2) is 0 Å². The summed E-state index contributed by atoms with van der Waals surface area (Å²) in [5, 5.41) is 22.6. The summed E-state index contributed by atoms with van der Waals surface area (Å²) in [6, 6.07) is 18.9. The van der Waals surface area contributed by atoms with Crippen LogP contribution in [0.25, 0.3) is 11.1 Å². The average Bonchev–Trinajstić information content (AvgIpc) is 3.09. The molecular weight excluding hydrogens is 292 g/mol. The predicted octanol–water partition coefficient (Wildman–Crippen LogP) is 4.95. The minimum atomic E-state index is 0.317. The number of ether oxygens (including phenoxy) is 1.